The van der Waals surface area contributed by atoms with Gasteiger partial charge in [-0.05, 0) is 37.1 Å². The van der Waals surface area contributed by atoms with Gasteiger partial charge in [-0.3, -0.25) is 4.98 Å². The molecule has 2 aromatic rings. The lowest BCUT2D eigenvalue weighted by molar-refractivity contribution is 0.0793. The fourth-order valence-corrected chi connectivity index (χ4v) is 3.52. The van der Waals surface area contributed by atoms with Crippen LogP contribution in [0.1, 0.15) is 18.5 Å². The van der Waals surface area contributed by atoms with Crippen molar-refractivity contribution in [1.29, 1.82) is 0 Å². The molecule has 0 aromatic carbocycles. The molecule has 2 aromatic heterocycles. The molecule has 1 fully saturated rings. The van der Waals surface area contributed by atoms with Gasteiger partial charge in [-0.15, -0.1) is 11.8 Å². The van der Waals surface area contributed by atoms with Crippen LogP contribution >= 0.6 is 11.8 Å². The molecule has 1 atom stereocenters. The summed E-state index contributed by atoms with van der Waals surface area (Å²) in [5.41, 5.74) is 0.878. The van der Waals surface area contributed by atoms with Crippen molar-refractivity contribution in [3.05, 3.63) is 54.5 Å². The number of carbonyl (C=O) groups excluding carboxylic acids is 1. The molecule has 1 aliphatic rings. The van der Waals surface area contributed by atoms with Gasteiger partial charge >= 0.3 is 6.03 Å². The third-order valence-electron chi connectivity index (χ3n) is 4.08. The van der Waals surface area contributed by atoms with Gasteiger partial charge < -0.3 is 15.0 Å². The van der Waals surface area contributed by atoms with E-state index in [1.165, 1.54) is 0 Å². The second-order valence-corrected chi connectivity index (χ2v) is 7.20. The van der Waals surface area contributed by atoms with E-state index in [-0.39, 0.29) is 12.1 Å². The number of amides is 2. The van der Waals surface area contributed by atoms with Crippen LogP contribution in [-0.4, -0.2) is 52.5 Å². The highest BCUT2D eigenvalue weighted by Crippen LogP contribution is 2.15. The molecule has 0 spiro atoms. The van der Waals surface area contributed by atoms with Crippen LogP contribution in [0.25, 0.3) is 0 Å². The number of urea groups is 1. The lowest BCUT2D eigenvalue weighted by atomic mass is 10.2. The summed E-state index contributed by atoms with van der Waals surface area (Å²) in [6.07, 6.45) is 5.71. The molecule has 1 N–H and O–H groups in total. The summed E-state index contributed by atoms with van der Waals surface area (Å²) in [6.45, 7) is 2.45. The van der Waals surface area contributed by atoms with E-state index in [0.717, 1.165) is 35.9 Å². The lowest BCUT2D eigenvalue weighted by Crippen LogP contribution is -2.44. The number of ether oxygens (including phenoxy) is 1. The summed E-state index contributed by atoms with van der Waals surface area (Å²) in [4.78, 5) is 23.1. The highest BCUT2D eigenvalue weighted by molar-refractivity contribution is 7.99. The second kappa shape index (κ2) is 10.1. The van der Waals surface area contributed by atoms with Gasteiger partial charge in [-0.25, -0.2) is 9.78 Å². The van der Waals surface area contributed by atoms with Crippen molar-refractivity contribution in [3.63, 3.8) is 0 Å². The van der Waals surface area contributed by atoms with Gasteiger partial charge in [0.15, 0.2) is 0 Å². The molecular formula is C19H24N4O2S. The number of rotatable bonds is 8. The van der Waals surface area contributed by atoms with Crippen molar-refractivity contribution in [2.24, 2.45) is 0 Å². The molecule has 1 saturated heterocycles. The summed E-state index contributed by atoms with van der Waals surface area (Å²) < 4.78 is 5.70. The van der Waals surface area contributed by atoms with Crippen molar-refractivity contribution in [3.8, 4) is 0 Å². The van der Waals surface area contributed by atoms with E-state index in [1.807, 2.05) is 36.4 Å². The third kappa shape index (κ3) is 6.00. The second-order valence-electron chi connectivity index (χ2n) is 6.08. The van der Waals surface area contributed by atoms with Gasteiger partial charge in [0, 0.05) is 37.8 Å². The summed E-state index contributed by atoms with van der Waals surface area (Å²) in [5, 5.41) is 3.97. The number of aromatic nitrogens is 2. The van der Waals surface area contributed by atoms with E-state index < -0.39 is 0 Å². The fourth-order valence-electron chi connectivity index (χ4n) is 2.80. The lowest BCUT2D eigenvalue weighted by Gasteiger charge is -2.25. The molecule has 138 valence electrons. The Balaban J connectivity index is 1.50. The number of hydrogen-bond donors (Lipinski definition) is 1. The maximum atomic E-state index is 12.7. The smallest absolute Gasteiger partial charge is 0.317 e. The van der Waals surface area contributed by atoms with Gasteiger partial charge in [0.2, 0.25) is 0 Å². The molecule has 26 heavy (non-hydrogen) atoms. The van der Waals surface area contributed by atoms with Crippen LogP contribution in [0.4, 0.5) is 4.79 Å². The van der Waals surface area contributed by atoms with E-state index in [1.54, 1.807) is 29.1 Å². The van der Waals surface area contributed by atoms with E-state index >= 15 is 0 Å². The first-order chi connectivity index (χ1) is 12.8. The highest BCUT2D eigenvalue weighted by atomic mass is 32.2. The van der Waals surface area contributed by atoms with Crippen LogP contribution in [-0.2, 0) is 11.3 Å². The van der Waals surface area contributed by atoms with Gasteiger partial charge in [0.05, 0.1) is 23.4 Å². The molecule has 3 heterocycles. The van der Waals surface area contributed by atoms with E-state index in [4.69, 9.17) is 4.74 Å². The first-order valence-corrected chi connectivity index (χ1v) is 9.88. The standard InChI is InChI=1S/C19H24N4O2S/c24-19(22-11-13-26-18-8-2-4-10-21-18)23(15-17-7-5-12-25-17)14-16-6-1-3-9-20-16/h1-4,6,8-10,17H,5,7,11-15H2,(H,22,24). The number of carbonyl (C=O) groups is 1. The Bertz CT molecular complexity index is 666. The molecule has 6 nitrogen and oxygen atoms in total. The molecular weight excluding hydrogens is 348 g/mol. The zero-order chi connectivity index (χ0) is 18.0. The van der Waals surface area contributed by atoms with E-state index in [0.29, 0.717) is 19.6 Å². The first-order valence-electron chi connectivity index (χ1n) is 8.89. The van der Waals surface area contributed by atoms with Gasteiger partial charge in [-0.2, -0.15) is 0 Å². The summed E-state index contributed by atoms with van der Waals surface area (Å²) in [7, 11) is 0. The van der Waals surface area contributed by atoms with Crippen molar-refractivity contribution < 1.29 is 9.53 Å². The molecule has 0 aliphatic carbocycles. The van der Waals surface area contributed by atoms with Crippen LogP contribution in [0.2, 0.25) is 0 Å². The summed E-state index contributed by atoms with van der Waals surface area (Å²) >= 11 is 1.63. The van der Waals surface area contributed by atoms with E-state index in [2.05, 4.69) is 15.3 Å². The largest absolute Gasteiger partial charge is 0.376 e. The summed E-state index contributed by atoms with van der Waals surface area (Å²) in [5.74, 6) is 0.778. The minimum absolute atomic E-state index is 0.0761. The zero-order valence-corrected chi connectivity index (χ0v) is 15.5. The van der Waals surface area contributed by atoms with Crippen LogP contribution in [0, 0.1) is 0 Å². The average molecular weight is 372 g/mol. The maximum Gasteiger partial charge on any atom is 0.317 e. The number of pyridine rings is 2. The Morgan fingerprint density at radius 1 is 1.23 bits per heavy atom. The Labute approximate surface area is 158 Å². The van der Waals surface area contributed by atoms with Crippen molar-refractivity contribution in [2.45, 2.75) is 30.5 Å². The quantitative estimate of drug-likeness (QED) is 0.570. The van der Waals surface area contributed by atoms with Crippen LogP contribution in [0.3, 0.4) is 0 Å². The Kier molecular flexibility index (Phi) is 7.27. The van der Waals surface area contributed by atoms with Crippen LogP contribution in [0.5, 0.6) is 0 Å². The number of hydrogen-bond acceptors (Lipinski definition) is 5. The third-order valence-corrected chi connectivity index (χ3v) is 5.03. The SMILES string of the molecule is O=C(NCCSc1ccccn1)N(Cc1ccccn1)CC1CCCO1. The first kappa shape index (κ1) is 18.7. The topological polar surface area (TPSA) is 67.4 Å². The molecule has 7 heteroatoms. The van der Waals surface area contributed by atoms with Gasteiger partial charge in [0.1, 0.15) is 0 Å². The van der Waals surface area contributed by atoms with E-state index in [9.17, 15) is 4.79 Å². The number of thioether (sulfide) groups is 1. The highest BCUT2D eigenvalue weighted by Gasteiger charge is 2.22. The van der Waals surface area contributed by atoms with Crippen molar-refractivity contribution >= 4 is 17.8 Å². The van der Waals surface area contributed by atoms with Crippen molar-refractivity contribution in [1.82, 2.24) is 20.2 Å². The molecule has 2 amide bonds. The van der Waals surface area contributed by atoms with Crippen LogP contribution in [0.15, 0.2) is 53.8 Å². The maximum absolute atomic E-state index is 12.7. The number of nitrogens with one attached hydrogen (secondary N) is 1. The fraction of sp³-hybridized carbons (Fsp3) is 0.421. The Hall–Kier alpha value is -2.12. The van der Waals surface area contributed by atoms with Crippen LogP contribution < -0.4 is 5.32 Å². The molecule has 3 rings (SSSR count). The minimum Gasteiger partial charge on any atom is -0.376 e. The molecule has 0 saturated carbocycles. The average Bonchev–Trinajstić information content (AvgIpc) is 3.19. The molecule has 1 aliphatic heterocycles. The Morgan fingerprint density at radius 3 is 2.77 bits per heavy atom. The molecule has 0 bridgehead atoms. The predicted octanol–water partition coefficient (Wildman–Crippen LogP) is 2.96. The molecule has 1 unspecified atom stereocenters. The Morgan fingerprint density at radius 2 is 2.08 bits per heavy atom. The number of nitrogens with zero attached hydrogens (tertiary/aromatic N) is 3. The van der Waals surface area contributed by atoms with Gasteiger partial charge in [-0.1, -0.05) is 12.1 Å². The summed E-state index contributed by atoms with van der Waals surface area (Å²) in [6, 6.07) is 11.5. The monoisotopic (exact) mass is 372 g/mol. The predicted molar refractivity (Wildman–Crippen MR) is 102 cm³/mol. The van der Waals surface area contributed by atoms with Gasteiger partial charge in [0.25, 0.3) is 0 Å². The normalized spacial score (nSPS) is 16.4. The molecule has 0 radical (unpaired) electrons. The minimum atomic E-state index is -0.0761. The van der Waals surface area contributed by atoms with Crippen molar-refractivity contribution in [2.75, 3.05) is 25.4 Å². The zero-order valence-electron chi connectivity index (χ0n) is 14.7.